The zero-order chi connectivity index (χ0) is 13.5. The fourth-order valence-corrected chi connectivity index (χ4v) is 2.20. The molecular weight excluding hydrogens is 224 g/mol. The Hall–Kier alpha value is -1.06. The Morgan fingerprint density at radius 1 is 1.33 bits per heavy atom. The smallest absolute Gasteiger partial charge is 0.123 e. The summed E-state index contributed by atoms with van der Waals surface area (Å²) >= 11 is 0. The molecule has 0 aliphatic heterocycles. The summed E-state index contributed by atoms with van der Waals surface area (Å²) in [4.78, 5) is 0. The Morgan fingerprint density at radius 3 is 2.67 bits per heavy atom. The number of hydrogen-bond donors (Lipinski definition) is 2. The van der Waals surface area contributed by atoms with Crippen LogP contribution in [0.4, 0.5) is 0 Å². The van der Waals surface area contributed by atoms with Gasteiger partial charge in [0.25, 0.3) is 0 Å². The normalized spacial score (nSPS) is 12.5. The first kappa shape index (κ1) is 15.0. The number of nitrogens with one attached hydrogen (secondary N) is 1. The maximum Gasteiger partial charge on any atom is 0.123 e. The zero-order valence-corrected chi connectivity index (χ0v) is 12.0. The molecule has 0 saturated heterocycles. The summed E-state index contributed by atoms with van der Waals surface area (Å²) in [6, 6.07) is 4.29. The molecule has 3 nitrogen and oxygen atoms in total. The second kappa shape index (κ2) is 7.39. The molecule has 18 heavy (non-hydrogen) atoms. The lowest BCUT2D eigenvalue weighted by atomic mass is 10.0. The monoisotopic (exact) mass is 250 g/mol. The molecule has 0 fully saturated rings. The number of aryl methyl sites for hydroxylation is 2. The molecule has 0 bridgehead atoms. The van der Waals surface area contributed by atoms with Gasteiger partial charge in [0.05, 0.1) is 7.11 Å². The fourth-order valence-electron chi connectivity index (χ4n) is 2.20. The van der Waals surface area contributed by atoms with Gasteiger partial charge < -0.3 is 15.8 Å². The number of rotatable bonds is 7. The predicted molar refractivity (Wildman–Crippen MR) is 77.0 cm³/mol. The zero-order valence-electron chi connectivity index (χ0n) is 12.0. The highest BCUT2D eigenvalue weighted by atomic mass is 16.5. The molecule has 0 aliphatic rings. The Kier molecular flexibility index (Phi) is 6.16. The van der Waals surface area contributed by atoms with Crippen molar-refractivity contribution < 1.29 is 4.74 Å². The van der Waals surface area contributed by atoms with Crippen LogP contribution in [-0.4, -0.2) is 20.2 Å². The van der Waals surface area contributed by atoms with E-state index in [1.165, 1.54) is 16.7 Å². The summed E-state index contributed by atoms with van der Waals surface area (Å²) in [6.07, 6.45) is 1.07. The summed E-state index contributed by atoms with van der Waals surface area (Å²) in [5.41, 5.74) is 9.33. The maximum absolute atomic E-state index is 5.55. The van der Waals surface area contributed by atoms with Gasteiger partial charge in [0.1, 0.15) is 5.75 Å². The molecule has 1 unspecified atom stereocenters. The van der Waals surface area contributed by atoms with Crippen LogP contribution in [0.1, 0.15) is 30.0 Å². The largest absolute Gasteiger partial charge is 0.496 e. The van der Waals surface area contributed by atoms with Crippen molar-refractivity contribution in [3.8, 4) is 5.75 Å². The van der Waals surface area contributed by atoms with Crippen molar-refractivity contribution in [3.63, 3.8) is 0 Å². The summed E-state index contributed by atoms with van der Waals surface area (Å²) in [5, 5.41) is 3.49. The third-order valence-electron chi connectivity index (χ3n) is 3.25. The summed E-state index contributed by atoms with van der Waals surface area (Å²) < 4.78 is 5.45. The van der Waals surface area contributed by atoms with Gasteiger partial charge in [-0.15, -0.1) is 0 Å². The van der Waals surface area contributed by atoms with Crippen LogP contribution in [0, 0.1) is 19.8 Å². The number of benzene rings is 1. The van der Waals surface area contributed by atoms with Gasteiger partial charge in [-0.1, -0.05) is 13.0 Å². The number of hydrogen-bond acceptors (Lipinski definition) is 3. The lowest BCUT2D eigenvalue weighted by molar-refractivity contribution is 0.404. The summed E-state index contributed by atoms with van der Waals surface area (Å²) in [5.74, 6) is 1.60. The van der Waals surface area contributed by atoms with Crippen molar-refractivity contribution in [2.45, 2.75) is 33.7 Å². The molecule has 0 heterocycles. The molecule has 1 atom stereocenters. The standard InChI is InChI=1S/C15H26N2O/c1-11(5-6-16)9-17-10-14-13(3)7-12(2)8-15(14)18-4/h7-8,11,17H,5-6,9-10,16H2,1-4H3. The second-order valence-electron chi connectivity index (χ2n) is 5.08. The van der Waals surface area contributed by atoms with E-state index in [9.17, 15) is 0 Å². The third-order valence-corrected chi connectivity index (χ3v) is 3.25. The van der Waals surface area contributed by atoms with E-state index in [2.05, 4.69) is 38.2 Å². The maximum atomic E-state index is 5.55. The van der Waals surface area contributed by atoms with E-state index in [1.807, 2.05) is 0 Å². The third kappa shape index (κ3) is 4.31. The van der Waals surface area contributed by atoms with E-state index in [4.69, 9.17) is 10.5 Å². The molecule has 0 saturated carbocycles. The van der Waals surface area contributed by atoms with E-state index >= 15 is 0 Å². The Bertz CT molecular complexity index is 377. The highest BCUT2D eigenvalue weighted by molar-refractivity contribution is 5.42. The van der Waals surface area contributed by atoms with Crippen molar-refractivity contribution in [2.75, 3.05) is 20.2 Å². The van der Waals surface area contributed by atoms with Gasteiger partial charge in [-0.25, -0.2) is 0 Å². The van der Waals surface area contributed by atoms with E-state index in [1.54, 1.807) is 7.11 Å². The molecule has 1 aromatic rings. The molecule has 3 N–H and O–H groups in total. The van der Waals surface area contributed by atoms with Crippen LogP contribution < -0.4 is 15.8 Å². The summed E-state index contributed by atoms with van der Waals surface area (Å²) in [6.45, 7) is 9.05. The van der Waals surface area contributed by atoms with E-state index in [-0.39, 0.29) is 0 Å². The van der Waals surface area contributed by atoms with Crippen LogP contribution in [0.25, 0.3) is 0 Å². The van der Waals surface area contributed by atoms with Gasteiger partial charge >= 0.3 is 0 Å². The molecule has 0 aliphatic carbocycles. The highest BCUT2D eigenvalue weighted by Crippen LogP contribution is 2.23. The van der Waals surface area contributed by atoms with Crippen molar-refractivity contribution >= 4 is 0 Å². The first-order chi connectivity index (χ1) is 8.58. The van der Waals surface area contributed by atoms with E-state index in [0.29, 0.717) is 5.92 Å². The summed E-state index contributed by atoms with van der Waals surface area (Å²) in [7, 11) is 1.73. The van der Waals surface area contributed by atoms with Crippen molar-refractivity contribution in [3.05, 3.63) is 28.8 Å². The van der Waals surface area contributed by atoms with Gasteiger partial charge in [-0.05, 0) is 56.5 Å². The van der Waals surface area contributed by atoms with Crippen LogP contribution in [0.15, 0.2) is 12.1 Å². The van der Waals surface area contributed by atoms with Gasteiger partial charge in [-0.3, -0.25) is 0 Å². The lowest BCUT2D eigenvalue weighted by Crippen LogP contribution is -2.23. The van der Waals surface area contributed by atoms with Gasteiger partial charge in [0, 0.05) is 12.1 Å². The van der Waals surface area contributed by atoms with Crippen molar-refractivity contribution in [2.24, 2.45) is 11.7 Å². The topological polar surface area (TPSA) is 47.3 Å². The Morgan fingerprint density at radius 2 is 2.06 bits per heavy atom. The SMILES string of the molecule is COc1cc(C)cc(C)c1CNCC(C)CCN. The first-order valence-electron chi connectivity index (χ1n) is 6.63. The fraction of sp³-hybridized carbons (Fsp3) is 0.600. The van der Waals surface area contributed by atoms with Crippen molar-refractivity contribution in [1.29, 1.82) is 0 Å². The molecular formula is C15H26N2O. The van der Waals surface area contributed by atoms with Crippen molar-refractivity contribution in [1.82, 2.24) is 5.32 Å². The molecule has 0 radical (unpaired) electrons. The van der Waals surface area contributed by atoms with Gasteiger partial charge in [0.2, 0.25) is 0 Å². The quantitative estimate of drug-likeness (QED) is 0.781. The Balaban J connectivity index is 2.61. The average molecular weight is 250 g/mol. The van der Waals surface area contributed by atoms with Crippen LogP contribution in [0.3, 0.4) is 0 Å². The Labute approximate surface area is 111 Å². The van der Waals surface area contributed by atoms with Crippen LogP contribution in [-0.2, 0) is 6.54 Å². The predicted octanol–water partition coefficient (Wildman–Crippen LogP) is 2.39. The van der Waals surface area contributed by atoms with E-state index < -0.39 is 0 Å². The van der Waals surface area contributed by atoms with Crippen LogP contribution in [0.5, 0.6) is 5.75 Å². The van der Waals surface area contributed by atoms with Gasteiger partial charge in [-0.2, -0.15) is 0 Å². The molecule has 102 valence electrons. The molecule has 0 aromatic heterocycles. The minimum atomic E-state index is 0.617. The van der Waals surface area contributed by atoms with E-state index in [0.717, 1.165) is 31.8 Å². The molecule has 1 rings (SSSR count). The van der Waals surface area contributed by atoms with Gasteiger partial charge in [0.15, 0.2) is 0 Å². The lowest BCUT2D eigenvalue weighted by Gasteiger charge is -2.16. The average Bonchev–Trinajstić information content (AvgIpc) is 2.31. The number of methoxy groups -OCH3 is 1. The second-order valence-corrected chi connectivity index (χ2v) is 5.08. The van der Waals surface area contributed by atoms with Crippen LogP contribution >= 0.6 is 0 Å². The number of ether oxygens (including phenoxy) is 1. The molecule has 0 spiro atoms. The molecule has 0 amide bonds. The minimum absolute atomic E-state index is 0.617. The minimum Gasteiger partial charge on any atom is -0.496 e. The first-order valence-corrected chi connectivity index (χ1v) is 6.63. The molecule has 1 aromatic carbocycles. The molecule has 3 heteroatoms. The number of nitrogens with two attached hydrogens (primary N) is 1. The van der Waals surface area contributed by atoms with Crippen LogP contribution in [0.2, 0.25) is 0 Å². The highest BCUT2D eigenvalue weighted by Gasteiger charge is 2.08.